The van der Waals surface area contributed by atoms with E-state index in [0.29, 0.717) is 44.1 Å². The molecule has 0 aromatic heterocycles. The number of esters is 1. The fourth-order valence-corrected chi connectivity index (χ4v) is 10.2. The van der Waals surface area contributed by atoms with Crippen molar-refractivity contribution in [2.24, 2.45) is 0 Å². The van der Waals surface area contributed by atoms with E-state index in [2.05, 4.69) is 6.92 Å². The van der Waals surface area contributed by atoms with Gasteiger partial charge in [-0.2, -0.15) is 25.3 Å². The summed E-state index contributed by atoms with van der Waals surface area (Å²) in [7, 11) is -11.0. The Labute approximate surface area is 339 Å². The lowest BCUT2D eigenvalue weighted by molar-refractivity contribution is -0.139. The Morgan fingerprint density at radius 2 is 0.982 bits per heavy atom. The van der Waals surface area contributed by atoms with Gasteiger partial charge < -0.3 is 14.2 Å². The third-order valence-electron chi connectivity index (χ3n) is 10.9. The normalized spacial score (nSPS) is 25.0. The molecule has 3 aliphatic rings. The molecule has 0 bridgehead atoms. The molecule has 0 aromatic rings. The number of rotatable bonds is 31. The van der Waals surface area contributed by atoms with Crippen molar-refractivity contribution in [1.82, 2.24) is 0 Å². The quantitative estimate of drug-likeness (QED) is 0.0376. The number of hydrogen-bond acceptors (Lipinski definition) is 13. The largest absolute Gasteiger partial charge is 0.455 e. The summed E-state index contributed by atoms with van der Waals surface area (Å²) in [4.78, 5) is 12.0. The van der Waals surface area contributed by atoms with Crippen LogP contribution in [0.1, 0.15) is 168 Å². The second-order valence-electron chi connectivity index (χ2n) is 16.4. The molecule has 0 amide bonds. The van der Waals surface area contributed by atoms with Gasteiger partial charge in [0.25, 0.3) is 30.4 Å². The molecule has 0 unspecified atom stereocenters. The summed E-state index contributed by atoms with van der Waals surface area (Å²) in [5.41, 5.74) is 0.461. The molecule has 0 aliphatic carbocycles. The van der Waals surface area contributed by atoms with E-state index in [1.165, 1.54) is 32.1 Å². The second-order valence-corrected chi connectivity index (χ2v) is 21.2. The Kier molecular flexibility index (Phi) is 21.8. The fourth-order valence-electron chi connectivity index (χ4n) is 8.23. The summed E-state index contributed by atoms with van der Waals surface area (Å²) in [6.07, 6.45) is 23.2. The molecular formula is C40H72O13S3. The lowest BCUT2D eigenvalue weighted by Crippen LogP contribution is -2.36. The average molecular weight is 857 g/mol. The van der Waals surface area contributed by atoms with E-state index in [4.69, 9.17) is 26.8 Å². The van der Waals surface area contributed by atoms with Gasteiger partial charge in [-0.05, 0) is 57.9 Å². The Morgan fingerprint density at radius 3 is 1.36 bits per heavy atom. The maximum absolute atomic E-state index is 12.2. The van der Waals surface area contributed by atoms with Crippen molar-refractivity contribution in [3.05, 3.63) is 11.6 Å². The molecule has 3 aliphatic heterocycles. The molecule has 0 N–H and O–H groups in total. The SMILES string of the molecule is CCCCCCCCCC[C@H](OS(C)(=O)=O)[C@H]1CC[C@@H]([C@@H]2CC[C@H]([C@@H](CCCCCCCCCC[C@H](CC3=C[C@H](C)OC3=O)OS(C)(=O)=O)OS(C)(=O)=O)O2)O1. The fraction of sp³-hybridized carbons (Fsp3) is 0.925. The summed E-state index contributed by atoms with van der Waals surface area (Å²) in [6, 6.07) is 0. The molecule has 2 saturated heterocycles. The zero-order chi connectivity index (χ0) is 41.2. The van der Waals surface area contributed by atoms with Crippen LogP contribution >= 0.6 is 0 Å². The third-order valence-corrected chi connectivity index (χ3v) is 12.7. The monoisotopic (exact) mass is 856 g/mol. The molecule has 0 aromatic carbocycles. The molecule has 13 nitrogen and oxygen atoms in total. The van der Waals surface area contributed by atoms with E-state index in [9.17, 15) is 30.0 Å². The highest BCUT2D eigenvalue weighted by Crippen LogP contribution is 2.36. The zero-order valence-corrected chi connectivity index (χ0v) is 37.1. The van der Waals surface area contributed by atoms with Crippen molar-refractivity contribution >= 4 is 36.3 Å². The van der Waals surface area contributed by atoms with E-state index in [1.807, 2.05) is 0 Å². The van der Waals surface area contributed by atoms with Crippen LogP contribution in [0.5, 0.6) is 0 Å². The number of ether oxygens (including phenoxy) is 3. The predicted molar refractivity (Wildman–Crippen MR) is 217 cm³/mol. The number of cyclic esters (lactones) is 1. The van der Waals surface area contributed by atoms with Gasteiger partial charge in [0, 0.05) is 12.0 Å². The Balaban J connectivity index is 1.36. The highest BCUT2D eigenvalue weighted by atomic mass is 32.2. The first-order chi connectivity index (χ1) is 26.4. The first-order valence-electron chi connectivity index (χ1n) is 21.3. The van der Waals surface area contributed by atoms with Crippen molar-refractivity contribution in [3.8, 4) is 0 Å². The zero-order valence-electron chi connectivity index (χ0n) is 34.7. The first-order valence-corrected chi connectivity index (χ1v) is 26.7. The van der Waals surface area contributed by atoms with Gasteiger partial charge in [0.2, 0.25) is 0 Å². The molecule has 328 valence electrons. The van der Waals surface area contributed by atoms with E-state index >= 15 is 0 Å². The van der Waals surface area contributed by atoms with Gasteiger partial charge in [0.15, 0.2) is 0 Å². The molecular weight excluding hydrogens is 785 g/mol. The summed E-state index contributed by atoms with van der Waals surface area (Å²) in [6.45, 7) is 3.97. The predicted octanol–water partition coefficient (Wildman–Crippen LogP) is 7.81. The van der Waals surface area contributed by atoms with Crippen LogP contribution in [0, 0.1) is 0 Å². The summed E-state index contributed by atoms with van der Waals surface area (Å²) < 4.78 is 107. The van der Waals surface area contributed by atoms with Crippen LogP contribution < -0.4 is 0 Å². The Morgan fingerprint density at radius 1 is 0.589 bits per heavy atom. The minimum Gasteiger partial charge on any atom is -0.455 e. The Hall–Kier alpha value is -1.14. The van der Waals surface area contributed by atoms with Crippen molar-refractivity contribution in [2.75, 3.05) is 18.8 Å². The minimum absolute atomic E-state index is 0.210. The van der Waals surface area contributed by atoms with Gasteiger partial charge in [-0.1, -0.05) is 110 Å². The van der Waals surface area contributed by atoms with Gasteiger partial charge >= 0.3 is 5.97 Å². The van der Waals surface area contributed by atoms with Crippen LogP contribution in [0.4, 0.5) is 0 Å². The van der Waals surface area contributed by atoms with Gasteiger partial charge in [0.1, 0.15) is 18.3 Å². The molecule has 2 fully saturated rings. The topological polar surface area (TPSA) is 175 Å². The number of carbonyl (C=O) groups is 1. The minimum atomic E-state index is -3.70. The van der Waals surface area contributed by atoms with E-state index < -0.39 is 54.6 Å². The van der Waals surface area contributed by atoms with Crippen LogP contribution in [-0.4, -0.2) is 98.8 Å². The summed E-state index contributed by atoms with van der Waals surface area (Å²) in [5.74, 6) is -0.417. The Bertz CT molecular complexity index is 1510. The number of hydrogen-bond donors (Lipinski definition) is 0. The van der Waals surface area contributed by atoms with Crippen molar-refractivity contribution in [1.29, 1.82) is 0 Å². The van der Waals surface area contributed by atoms with Crippen LogP contribution in [0.25, 0.3) is 0 Å². The molecule has 0 radical (unpaired) electrons. The molecule has 3 heterocycles. The third kappa shape index (κ3) is 20.7. The number of unbranched alkanes of at least 4 members (excludes halogenated alkanes) is 14. The highest BCUT2D eigenvalue weighted by molar-refractivity contribution is 7.86. The van der Waals surface area contributed by atoms with Crippen molar-refractivity contribution < 1.29 is 56.8 Å². The highest BCUT2D eigenvalue weighted by Gasteiger charge is 2.43. The lowest BCUT2D eigenvalue weighted by Gasteiger charge is -2.26. The number of carbonyl (C=O) groups excluding carboxylic acids is 1. The first kappa shape index (κ1) is 49.2. The lowest BCUT2D eigenvalue weighted by atomic mass is 10.00. The molecule has 3 rings (SSSR count). The van der Waals surface area contributed by atoms with E-state index in [-0.39, 0.29) is 36.9 Å². The maximum atomic E-state index is 12.2. The second kappa shape index (κ2) is 24.8. The summed E-state index contributed by atoms with van der Waals surface area (Å²) >= 11 is 0. The van der Waals surface area contributed by atoms with Crippen molar-refractivity contribution in [3.63, 3.8) is 0 Å². The molecule has 8 atom stereocenters. The molecule has 0 spiro atoms. The van der Waals surface area contributed by atoms with Crippen LogP contribution in [0.2, 0.25) is 0 Å². The van der Waals surface area contributed by atoms with E-state index in [0.717, 1.165) is 95.8 Å². The van der Waals surface area contributed by atoms with Crippen LogP contribution in [0.3, 0.4) is 0 Å². The van der Waals surface area contributed by atoms with Gasteiger partial charge in [-0.25, -0.2) is 4.79 Å². The van der Waals surface area contributed by atoms with Gasteiger partial charge in [-0.3, -0.25) is 12.5 Å². The average Bonchev–Trinajstić information content (AvgIpc) is 3.84. The molecule has 56 heavy (non-hydrogen) atoms. The van der Waals surface area contributed by atoms with Gasteiger partial charge in [-0.15, -0.1) is 0 Å². The van der Waals surface area contributed by atoms with Crippen LogP contribution in [0.15, 0.2) is 11.6 Å². The smallest absolute Gasteiger partial charge is 0.334 e. The van der Waals surface area contributed by atoms with E-state index in [1.54, 1.807) is 13.0 Å². The molecule has 16 heteroatoms. The van der Waals surface area contributed by atoms with Crippen LogP contribution in [-0.2, 0) is 61.9 Å². The standard InChI is InChI=1S/C40H72O13S3/c1-6-7-8-9-10-14-17-20-23-38(52-55(4,44)45)36-27-25-34(49-36)35-26-28-37(50-35)39(53-56(5,46)47)24-21-18-15-12-11-13-16-19-22-33(51-54(3,42)43)30-32-29-31(2)48-40(32)41/h29,31,33-39H,6-28,30H2,1-5H3/t31-,33+,34-,35-,36+,37+,38-,39+/m0/s1. The molecule has 0 saturated carbocycles. The maximum Gasteiger partial charge on any atom is 0.334 e. The van der Waals surface area contributed by atoms with Gasteiger partial charge in [0.05, 0.1) is 49.3 Å². The summed E-state index contributed by atoms with van der Waals surface area (Å²) in [5, 5.41) is 0. The van der Waals surface area contributed by atoms with Crippen molar-refractivity contribution in [2.45, 2.75) is 217 Å².